The second-order valence-corrected chi connectivity index (χ2v) is 9.03. The summed E-state index contributed by atoms with van der Waals surface area (Å²) in [7, 11) is 0. The summed E-state index contributed by atoms with van der Waals surface area (Å²) in [6.07, 6.45) is 0. The van der Waals surface area contributed by atoms with E-state index in [9.17, 15) is 14.0 Å². The van der Waals surface area contributed by atoms with Crippen LogP contribution in [0.3, 0.4) is 0 Å². The molecule has 0 saturated carbocycles. The average Bonchev–Trinajstić information content (AvgIpc) is 3.29. The molecule has 4 rings (SSSR count). The number of nitrogens with zero attached hydrogens (tertiary/aromatic N) is 4. The van der Waals surface area contributed by atoms with Crippen LogP contribution in [0.4, 0.5) is 15.8 Å². The van der Waals surface area contributed by atoms with E-state index in [1.807, 2.05) is 23.1 Å². The normalized spacial score (nSPS) is 13.8. The summed E-state index contributed by atoms with van der Waals surface area (Å²) >= 11 is 2.40. The number of aromatic nitrogens is 2. The lowest BCUT2D eigenvalue weighted by Crippen LogP contribution is -2.49. The molecule has 0 unspecified atom stereocenters. The van der Waals surface area contributed by atoms with Crippen molar-refractivity contribution in [1.82, 2.24) is 15.1 Å². The Balaban J connectivity index is 1.24. The van der Waals surface area contributed by atoms with Crippen molar-refractivity contribution in [3.05, 3.63) is 65.4 Å². The van der Waals surface area contributed by atoms with Crippen LogP contribution in [0.25, 0.3) is 0 Å². The monoisotopic (exact) mass is 457 g/mol. The smallest absolute Gasteiger partial charge is 0.286 e. The topological polar surface area (TPSA) is 78.4 Å². The van der Waals surface area contributed by atoms with Crippen molar-refractivity contribution in [2.45, 2.75) is 4.34 Å². The maximum atomic E-state index is 13.0. The number of carbonyl (C=O) groups excluding carboxylic acids is 2. The van der Waals surface area contributed by atoms with Crippen molar-refractivity contribution >= 4 is 46.3 Å². The van der Waals surface area contributed by atoms with Gasteiger partial charge in [0.25, 0.3) is 5.91 Å². The molecule has 2 aromatic carbocycles. The van der Waals surface area contributed by atoms with Gasteiger partial charge in [-0.3, -0.25) is 9.59 Å². The molecule has 0 atom stereocenters. The van der Waals surface area contributed by atoms with Gasteiger partial charge in [0.15, 0.2) is 4.34 Å². The lowest BCUT2D eigenvalue weighted by Gasteiger charge is -2.36. The van der Waals surface area contributed by atoms with Crippen molar-refractivity contribution < 1.29 is 14.0 Å². The zero-order valence-corrected chi connectivity index (χ0v) is 18.2. The van der Waals surface area contributed by atoms with E-state index in [1.54, 1.807) is 0 Å². The van der Waals surface area contributed by atoms with E-state index in [0.29, 0.717) is 23.1 Å². The van der Waals surface area contributed by atoms with Gasteiger partial charge in [-0.25, -0.2) is 4.39 Å². The predicted molar refractivity (Wildman–Crippen MR) is 120 cm³/mol. The number of rotatable bonds is 6. The second kappa shape index (κ2) is 9.88. The van der Waals surface area contributed by atoms with Crippen LogP contribution in [-0.4, -0.2) is 58.8 Å². The van der Waals surface area contributed by atoms with E-state index in [2.05, 4.69) is 32.5 Å². The Morgan fingerprint density at radius 3 is 2.42 bits per heavy atom. The second-order valence-electron chi connectivity index (χ2n) is 6.83. The minimum absolute atomic E-state index is 0.0465. The van der Waals surface area contributed by atoms with Crippen LogP contribution in [0, 0.1) is 5.82 Å². The molecule has 0 aliphatic carbocycles. The Morgan fingerprint density at radius 1 is 1.00 bits per heavy atom. The fourth-order valence-corrected chi connectivity index (χ4v) is 4.80. The summed E-state index contributed by atoms with van der Waals surface area (Å²) in [6, 6.07) is 15.6. The first kappa shape index (κ1) is 21.3. The molecule has 2 heterocycles. The van der Waals surface area contributed by atoms with E-state index in [0.717, 1.165) is 24.4 Å². The van der Waals surface area contributed by atoms with Gasteiger partial charge >= 0.3 is 0 Å². The van der Waals surface area contributed by atoms with Gasteiger partial charge in [-0.15, -0.1) is 10.2 Å². The first-order valence-electron chi connectivity index (χ1n) is 9.69. The number of anilines is 2. The molecule has 31 heavy (non-hydrogen) atoms. The number of benzene rings is 2. The lowest BCUT2D eigenvalue weighted by atomic mass is 10.2. The largest absolute Gasteiger partial charge is 0.368 e. The van der Waals surface area contributed by atoms with Crippen molar-refractivity contribution in [3.63, 3.8) is 0 Å². The summed E-state index contributed by atoms with van der Waals surface area (Å²) in [5.41, 5.74) is 1.64. The van der Waals surface area contributed by atoms with Gasteiger partial charge in [0.2, 0.25) is 10.9 Å². The highest BCUT2D eigenvalue weighted by Gasteiger charge is 2.22. The number of hydrogen-bond acceptors (Lipinski definition) is 7. The maximum Gasteiger partial charge on any atom is 0.286 e. The van der Waals surface area contributed by atoms with Gasteiger partial charge in [-0.05, 0) is 36.4 Å². The molecular formula is C21H20FN5O2S2. The van der Waals surface area contributed by atoms with E-state index in [4.69, 9.17) is 0 Å². The predicted octanol–water partition coefficient (Wildman–Crippen LogP) is 3.37. The zero-order chi connectivity index (χ0) is 21.6. The summed E-state index contributed by atoms with van der Waals surface area (Å²) in [5, 5.41) is 10.7. The zero-order valence-electron chi connectivity index (χ0n) is 16.5. The third kappa shape index (κ3) is 5.59. The van der Waals surface area contributed by atoms with Crippen molar-refractivity contribution in [2.75, 3.05) is 42.1 Å². The molecule has 0 spiro atoms. The van der Waals surface area contributed by atoms with Crippen LogP contribution in [0.1, 0.15) is 9.80 Å². The molecule has 160 valence electrons. The van der Waals surface area contributed by atoms with Gasteiger partial charge < -0.3 is 15.1 Å². The first-order chi connectivity index (χ1) is 15.1. The van der Waals surface area contributed by atoms with Crippen molar-refractivity contribution in [3.8, 4) is 0 Å². The van der Waals surface area contributed by atoms with E-state index < -0.39 is 5.91 Å². The van der Waals surface area contributed by atoms with Crippen LogP contribution < -0.4 is 10.2 Å². The van der Waals surface area contributed by atoms with E-state index >= 15 is 0 Å². The Kier molecular flexibility index (Phi) is 6.78. The Labute approximate surface area is 187 Å². The first-order valence-corrected chi connectivity index (χ1v) is 11.5. The van der Waals surface area contributed by atoms with Crippen molar-refractivity contribution in [1.29, 1.82) is 0 Å². The number of piperazine rings is 1. The minimum atomic E-state index is -0.417. The molecule has 1 aromatic heterocycles. The number of halogens is 1. The summed E-state index contributed by atoms with van der Waals surface area (Å²) in [6.45, 7) is 2.95. The van der Waals surface area contributed by atoms with Crippen LogP contribution in [0.5, 0.6) is 0 Å². The van der Waals surface area contributed by atoms with Gasteiger partial charge in [0.05, 0.1) is 5.75 Å². The number of thioether (sulfide) groups is 1. The summed E-state index contributed by atoms with van der Waals surface area (Å²) in [4.78, 5) is 28.9. The Bertz CT molecular complexity index is 1040. The quantitative estimate of drug-likeness (QED) is 0.572. The number of carbonyl (C=O) groups is 2. The molecule has 0 bridgehead atoms. The highest BCUT2D eigenvalue weighted by molar-refractivity contribution is 8.01. The third-order valence-electron chi connectivity index (χ3n) is 4.78. The molecule has 2 amide bonds. The van der Waals surface area contributed by atoms with Crippen molar-refractivity contribution in [2.24, 2.45) is 0 Å². The molecule has 1 saturated heterocycles. The highest BCUT2D eigenvalue weighted by Crippen LogP contribution is 2.24. The molecule has 7 nitrogen and oxygen atoms in total. The van der Waals surface area contributed by atoms with Gasteiger partial charge in [0.1, 0.15) is 5.82 Å². The van der Waals surface area contributed by atoms with Gasteiger partial charge in [-0.1, -0.05) is 41.3 Å². The fraction of sp³-hybridized carbons (Fsp3) is 0.238. The molecule has 10 heteroatoms. The Hall–Kier alpha value is -2.98. The highest BCUT2D eigenvalue weighted by atomic mass is 32.2. The molecule has 1 fully saturated rings. The van der Waals surface area contributed by atoms with Crippen LogP contribution in [0.15, 0.2) is 58.9 Å². The summed E-state index contributed by atoms with van der Waals surface area (Å²) in [5.74, 6) is -0.497. The summed E-state index contributed by atoms with van der Waals surface area (Å²) < 4.78 is 13.5. The van der Waals surface area contributed by atoms with E-state index in [1.165, 1.54) is 41.7 Å². The molecule has 1 aliphatic rings. The third-order valence-corrected chi connectivity index (χ3v) is 6.82. The van der Waals surface area contributed by atoms with Crippen LogP contribution in [-0.2, 0) is 4.79 Å². The van der Waals surface area contributed by atoms with Crippen LogP contribution >= 0.6 is 23.1 Å². The molecular weight excluding hydrogens is 437 g/mol. The van der Waals surface area contributed by atoms with Crippen LogP contribution in [0.2, 0.25) is 0 Å². The molecule has 0 radical (unpaired) electrons. The lowest BCUT2D eigenvalue weighted by molar-refractivity contribution is -0.128. The molecule has 3 aromatic rings. The number of para-hydroxylation sites is 1. The number of amides is 2. The number of nitrogens with one attached hydrogen (secondary N) is 1. The van der Waals surface area contributed by atoms with E-state index in [-0.39, 0.29) is 22.5 Å². The fourth-order valence-electron chi connectivity index (χ4n) is 3.15. The number of hydrogen-bond donors (Lipinski definition) is 1. The van der Waals surface area contributed by atoms with Gasteiger partial charge in [0, 0.05) is 37.6 Å². The SMILES string of the molecule is O=C(Nc1ccc(F)cc1)c1nnc(SCC(=O)N2CCN(c3ccccc3)CC2)s1. The molecule has 1 N–H and O–H groups in total. The van der Waals surface area contributed by atoms with Gasteiger partial charge in [-0.2, -0.15) is 0 Å². The standard InChI is InChI=1S/C21H20FN5O2S2/c22-15-6-8-16(9-7-15)23-19(29)20-24-25-21(31-20)30-14-18(28)27-12-10-26(11-13-27)17-4-2-1-3-5-17/h1-9H,10-14H2,(H,23,29). The Morgan fingerprint density at radius 2 is 1.71 bits per heavy atom. The minimum Gasteiger partial charge on any atom is -0.368 e. The average molecular weight is 458 g/mol. The maximum absolute atomic E-state index is 13.0. The molecule has 1 aliphatic heterocycles.